The fraction of sp³-hybridized carbons (Fsp3) is 0.250. The highest BCUT2D eigenvalue weighted by Gasteiger charge is 2.10. The molecule has 1 aromatic heterocycles. The largest absolute Gasteiger partial charge is 0.430 e. The van der Waals surface area contributed by atoms with Gasteiger partial charge in [-0.3, -0.25) is 0 Å². The average molecular weight is 269 g/mol. The topological polar surface area (TPSA) is 48.1 Å². The molecule has 0 amide bonds. The van der Waals surface area contributed by atoms with Crippen LogP contribution in [-0.2, 0) is 6.54 Å². The number of aromatic nitrogens is 1. The summed E-state index contributed by atoms with van der Waals surface area (Å²) < 4.78 is 5.73. The molecule has 0 aliphatic heterocycles. The number of nitrogens with two attached hydrogens (primary N) is 1. The van der Waals surface area contributed by atoms with Crippen molar-refractivity contribution in [3.05, 3.63) is 39.4 Å². The monoisotopic (exact) mass is 268 g/mol. The van der Waals surface area contributed by atoms with E-state index in [1.165, 1.54) is 11.3 Å². The molecule has 0 fully saturated rings. The van der Waals surface area contributed by atoms with E-state index in [2.05, 4.69) is 4.98 Å². The van der Waals surface area contributed by atoms with Gasteiger partial charge in [-0.05, 0) is 26.0 Å². The molecule has 0 unspecified atom stereocenters. The van der Waals surface area contributed by atoms with Crippen molar-refractivity contribution in [1.29, 1.82) is 0 Å². The molecule has 2 rings (SSSR count). The van der Waals surface area contributed by atoms with Crippen LogP contribution in [0.1, 0.15) is 16.1 Å². The Balaban J connectivity index is 2.32. The molecule has 17 heavy (non-hydrogen) atoms. The Bertz CT molecular complexity index is 520. The number of nitrogens with zero attached hydrogens (tertiary/aromatic N) is 1. The molecule has 2 aromatic rings. The van der Waals surface area contributed by atoms with Crippen molar-refractivity contribution < 1.29 is 4.74 Å². The average Bonchev–Trinajstić information content (AvgIpc) is 2.58. The number of hydrogen-bond acceptors (Lipinski definition) is 4. The van der Waals surface area contributed by atoms with Crippen molar-refractivity contribution in [2.75, 3.05) is 0 Å². The molecule has 2 N–H and O–H groups in total. The maximum absolute atomic E-state index is 6.06. The lowest BCUT2D eigenvalue weighted by Crippen LogP contribution is -2.00. The minimum absolute atomic E-state index is 0.346. The highest BCUT2D eigenvalue weighted by Crippen LogP contribution is 2.33. The minimum Gasteiger partial charge on any atom is -0.430 e. The van der Waals surface area contributed by atoms with Crippen LogP contribution in [0.25, 0.3) is 0 Å². The molecule has 0 saturated carbocycles. The molecular formula is C12H13ClN2OS. The lowest BCUT2D eigenvalue weighted by molar-refractivity contribution is 0.472. The van der Waals surface area contributed by atoms with E-state index in [-0.39, 0.29) is 0 Å². The van der Waals surface area contributed by atoms with Gasteiger partial charge in [-0.1, -0.05) is 29.0 Å². The van der Waals surface area contributed by atoms with Gasteiger partial charge in [0.2, 0.25) is 0 Å². The Morgan fingerprint density at radius 3 is 2.76 bits per heavy atom. The van der Waals surface area contributed by atoms with Crippen LogP contribution in [0, 0.1) is 13.8 Å². The van der Waals surface area contributed by atoms with Gasteiger partial charge in [0, 0.05) is 22.0 Å². The highest BCUT2D eigenvalue weighted by atomic mass is 35.5. The Labute approximate surface area is 109 Å². The second-order valence-corrected chi connectivity index (χ2v) is 5.22. The minimum atomic E-state index is 0.346. The third-order valence-corrected chi connectivity index (χ3v) is 3.79. The second-order valence-electron chi connectivity index (χ2n) is 3.64. The smallest absolute Gasteiger partial charge is 0.279 e. The summed E-state index contributed by atoms with van der Waals surface area (Å²) in [5, 5.41) is 1.24. The molecule has 1 heterocycles. The number of benzene rings is 1. The zero-order chi connectivity index (χ0) is 12.4. The lowest BCUT2D eigenvalue weighted by Gasteiger charge is -2.08. The zero-order valence-corrected chi connectivity index (χ0v) is 11.2. The number of ether oxygens (including phenoxy) is 1. The van der Waals surface area contributed by atoms with E-state index in [1.54, 1.807) is 6.07 Å². The van der Waals surface area contributed by atoms with Crippen molar-refractivity contribution in [3.8, 4) is 10.9 Å². The predicted octanol–water partition coefficient (Wildman–Crippen LogP) is 3.66. The number of hydrogen-bond donors (Lipinski definition) is 1. The number of halogens is 1. The molecule has 90 valence electrons. The first kappa shape index (κ1) is 12.4. The predicted molar refractivity (Wildman–Crippen MR) is 71.0 cm³/mol. The first-order chi connectivity index (χ1) is 8.11. The third kappa shape index (κ3) is 2.60. The van der Waals surface area contributed by atoms with Crippen molar-refractivity contribution in [2.24, 2.45) is 5.73 Å². The van der Waals surface area contributed by atoms with E-state index < -0.39 is 0 Å². The summed E-state index contributed by atoms with van der Waals surface area (Å²) in [5.41, 5.74) is 7.45. The van der Waals surface area contributed by atoms with E-state index >= 15 is 0 Å². The van der Waals surface area contributed by atoms with Crippen LogP contribution in [0.4, 0.5) is 0 Å². The summed E-state index contributed by atoms with van der Waals surface area (Å²) in [6.07, 6.45) is 0. The van der Waals surface area contributed by atoms with Gasteiger partial charge in [0.1, 0.15) is 5.75 Å². The molecule has 5 heteroatoms. The van der Waals surface area contributed by atoms with E-state index in [0.29, 0.717) is 22.5 Å². The van der Waals surface area contributed by atoms with Crippen LogP contribution in [0.5, 0.6) is 10.9 Å². The first-order valence-corrected chi connectivity index (χ1v) is 6.40. The van der Waals surface area contributed by atoms with E-state index in [4.69, 9.17) is 22.1 Å². The summed E-state index contributed by atoms with van der Waals surface area (Å²) in [6.45, 7) is 4.32. The summed E-state index contributed by atoms with van der Waals surface area (Å²) in [4.78, 5) is 5.47. The van der Waals surface area contributed by atoms with Crippen LogP contribution < -0.4 is 10.5 Å². The summed E-state index contributed by atoms with van der Waals surface area (Å²) in [7, 11) is 0. The molecule has 0 bridgehead atoms. The van der Waals surface area contributed by atoms with Crippen molar-refractivity contribution in [1.82, 2.24) is 4.98 Å². The number of thiazole rings is 1. The standard InChI is InChI=1S/C12H13ClN2OS/c1-7-8(2)17-12(15-7)16-11-5-3-4-10(13)9(11)6-14/h3-5H,6,14H2,1-2H3. The summed E-state index contributed by atoms with van der Waals surface area (Å²) in [6, 6.07) is 5.49. The van der Waals surface area contributed by atoms with E-state index in [0.717, 1.165) is 16.1 Å². The molecule has 1 aromatic carbocycles. The van der Waals surface area contributed by atoms with Crippen LogP contribution >= 0.6 is 22.9 Å². The second kappa shape index (κ2) is 5.04. The molecular weight excluding hydrogens is 256 g/mol. The van der Waals surface area contributed by atoms with Gasteiger partial charge in [-0.2, -0.15) is 0 Å². The van der Waals surface area contributed by atoms with E-state index in [9.17, 15) is 0 Å². The Morgan fingerprint density at radius 1 is 1.41 bits per heavy atom. The Hall–Kier alpha value is -1.10. The maximum Gasteiger partial charge on any atom is 0.279 e. The van der Waals surface area contributed by atoms with Crippen LogP contribution in [-0.4, -0.2) is 4.98 Å². The SMILES string of the molecule is Cc1nc(Oc2cccc(Cl)c2CN)sc1C. The molecule has 0 atom stereocenters. The molecule has 0 spiro atoms. The van der Waals surface area contributed by atoms with Crippen LogP contribution in [0.15, 0.2) is 18.2 Å². The molecule has 3 nitrogen and oxygen atoms in total. The zero-order valence-electron chi connectivity index (χ0n) is 9.66. The maximum atomic E-state index is 6.06. The molecule has 0 aliphatic carbocycles. The highest BCUT2D eigenvalue weighted by molar-refractivity contribution is 7.13. The van der Waals surface area contributed by atoms with Gasteiger partial charge >= 0.3 is 0 Å². The third-order valence-electron chi connectivity index (χ3n) is 2.49. The number of rotatable bonds is 3. The van der Waals surface area contributed by atoms with Crippen LogP contribution in [0.2, 0.25) is 5.02 Å². The van der Waals surface area contributed by atoms with Crippen LogP contribution in [0.3, 0.4) is 0 Å². The van der Waals surface area contributed by atoms with Gasteiger partial charge in [0.15, 0.2) is 0 Å². The van der Waals surface area contributed by atoms with Crippen molar-refractivity contribution >= 4 is 22.9 Å². The summed E-state index contributed by atoms with van der Waals surface area (Å²) >= 11 is 7.57. The van der Waals surface area contributed by atoms with Crippen molar-refractivity contribution in [2.45, 2.75) is 20.4 Å². The lowest BCUT2D eigenvalue weighted by atomic mass is 10.2. The Kier molecular flexibility index (Phi) is 3.66. The summed E-state index contributed by atoms with van der Waals surface area (Å²) in [5.74, 6) is 0.675. The Morgan fingerprint density at radius 2 is 2.18 bits per heavy atom. The van der Waals surface area contributed by atoms with Gasteiger partial charge in [-0.25, -0.2) is 4.98 Å². The van der Waals surface area contributed by atoms with Gasteiger partial charge in [-0.15, -0.1) is 0 Å². The van der Waals surface area contributed by atoms with Gasteiger partial charge < -0.3 is 10.5 Å². The fourth-order valence-electron chi connectivity index (χ4n) is 1.41. The van der Waals surface area contributed by atoms with Gasteiger partial charge in [0.05, 0.1) is 5.69 Å². The molecule has 0 radical (unpaired) electrons. The normalized spacial score (nSPS) is 10.6. The first-order valence-electron chi connectivity index (χ1n) is 5.21. The quantitative estimate of drug-likeness (QED) is 0.924. The van der Waals surface area contributed by atoms with E-state index in [1.807, 2.05) is 26.0 Å². The number of aryl methyl sites for hydroxylation is 2. The van der Waals surface area contributed by atoms with Gasteiger partial charge in [0.25, 0.3) is 5.19 Å². The fourth-order valence-corrected chi connectivity index (χ4v) is 2.43. The van der Waals surface area contributed by atoms with Crippen molar-refractivity contribution in [3.63, 3.8) is 0 Å². The molecule has 0 saturated heterocycles. The molecule has 0 aliphatic rings.